The quantitative estimate of drug-likeness (QED) is 0.151. The minimum atomic E-state index is 0.162. The molecule has 15 aliphatic carbocycles. The van der Waals surface area contributed by atoms with Gasteiger partial charge in [0.25, 0.3) is 0 Å². The molecule has 0 N–H and O–H groups in total. The Balaban J connectivity index is 0.000000125. The molecule has 0 saturated heterocycles. The van der Waals surface area contributed by atoms with Crippen LogP contribution in [0.3, 0.4) is 0 Å². The summed E-state index contributed by atoms with van der Waals surface area (Å²) in [6, 6.07) is 129. The lowest BCUT2D eigenvalue weighted by Crippen LogP contribution is -2.55. The van der Waals surface area contributed by atoms with Crippen molar-refractivity contribution < 1.29 is 0 Å². The topological polar surface area (TPSA) is 14.8 Å². The molecule has 3 heteroatoms. The molecule has 0 radical (unpaired) electrons. The Hall–Kier alpha value is -12.3. The second kappa shape index (κ2) is 25.4. The maximum Gasteiger partial charge on any atom is 0.0547 e. The molecule has 0 aliphatic heterocycles. The fourth-order valence-corrected chi connectivity index (χ4v) is 31.5. The van der Waals surface area contributed by atoms with Crippen molar-refractivity contribution in [3.63, 3.8) is 0 Å². The van der Waals surface area contributed by atoms with E-state index in [2.05, 4.69) is 347 Å². The van der Waals surface area contributed by atoms with Crippen LogP contribution < -0.4 is 0 Å². The molecule has 12 bridgehead atoms. The van der Waals surface area contributed by atoms with Crippen molar-refractivity contribution in [3.05, 3.63) is 367 Å². The number of rotatable bonds is 7. The van der Waals surface area contributed by atoms with E-state index in [1.807, 2.05) is 0 Å². The smallest absolute Gasteiger partial charge is 0.0547 e. The number of fused-ring (bicyclic) bond motifs is 18. The summed E-state index contributed by atoms with van der Waals surface area (Å²) in [7, 11) is 0. The average molecular weight is 1580 g/mol. The molecule has 592 valence electrons. The molecule has 18 aromatic rings. The van der Waals surface area contributed by atoms with E-state index >= 15 is 0 Å². The summed E-state index contributed by atoms with van der Waals surface area (Å²) in [5.74, 6) is 10.3. The SMILES string of the molecule is c1ccc(-c2ccc(-n3c4ccccc4c4cc(-c5ccc6c(c5)c5ccccc5n6-c5ccc(-c6ccc7c(c6)C6(c8ccccc8-7)C7CC8CC(C7)CC6C8)cc5)ccc43)cc2)cc1.c1ccc2c(c1)-c1ccc(-c3ccc4c5ccccc5n(-c5ccc6c(c5)C5(c7ccccc7-6)C6CC7CC(C6)CC5C7)c4c3)cc1C21C2CC3CC(C2)CC1C3. The van der Waals surface area contributed by atoms with E-state index in [9.17, 15) is 0 Å². The molecule has 0 amide bonds. The summed E-state index contributed by atoms with van der Waals surface area (Å²) in [5.41, 5.74) is 40.8. The predicted molar refractivity (Wildman–Crippen MR) is 507 cm³/mol. The van der Waals surface area contributed by atoms with E-state index < -0.39 is 0 Å². The molecule has 3 nitrogen and oxygen atoms in total. The summed E-state index contributed by atoms with van der Waals surface area (Å²) in [6.07, 6.45) is 21.5. The highest BCUT2D eigenvalue weighted by atomic mass is 15.0. The molecule has 12 fully saturated rings. The Bertz CT molecular complexity index is 7450. The van der Waals surface area contributed by atoms with Crippen LogP contribution >= 0.6 is 0 Å². The van der Waals surface area contributed by atoms with E-state index in [1.165, 1.54) is 257 Å². The van der Waals surface area contributed by atoms with E-state index in [-0.39, 0.29) is 16.2 Å². The monoisotopic (exact) mass is 1580 g/mol. The second-order valence-corrected chi connectivity index (χ2v) is 40.6. The summed E-state index contributed by atoms with van der Waals surface area (Å²) in [6.45, 7) is 0. The van der Waals surface area contributed by atoms with Gasteiger partial charge in [0.1, 0.15) is 0 Å². The number of hydrogen-bond acceptors (Lipinski definition) is 0. The van der Waals surface area contributed by atoms with Crippen LogP contribution in [0.1, 0.15) is 130 Å². The fourth-order valence-electron chi connectivity index (χ4n) is 31.5. The molecule has 12 saturated carbocycles. The summed E-state index contributed by atoms with van der Waals surface area (Å²) < 4.78 is 7.50. The van der Waals surface area contributed by atoms with Crippen LogP contribution in [-0.2, 0) is 16.2 Å². The third-order valence-corrected chi connectivity index (χ3v) is 35.3. The van der Waals surface area contributed by atoms with Gasteiger partial charge in [-0.1, -0.05) is 237 Å². The first kappa shape index (κ1) is 69.2. The number of hydrogen-bond donors (Lipinski definition) is 0. The summed E-state index contributed by atoms with van der Waals surface area (Å²) in [5, 5.41) is 7.78. The maximum atomic E-state index is 2.68. The van der Waals surface area contributed by atoms with Crippen molar-refractivity contribution in [3.8, 4) is 95.0 Å². The van der Waals surface area contributed by atoms with Crippen molar-refractivity contribution in [2.24, 2.45) is 71.0 Å². The van der Waals surface area contributed by atoms with Crippen molar-refractivity contribution in [2.45, 2.75) is 113 Å². The van der Waals surface area contributed by atoms with Crippen LogP contribution in [0.15, 0.2) is 334 Å². The Morgan fingerprint density at radius 1 is 0.163 bits per heavy atom. The van der Waals surface area contributed by atoms with Gasteiger partial charge in [-0.25, -0.2) is 0 Å². The van der Waals surface area contributed by atoms with Gasteiger partial charge in [-0.15, -0.1) is 0 Å². The molecule has 15 aromatic carbocycles. The lowest BCUT2D eigenvalue weighted by Gasteiger charge is -2.61. The van der Waals surface area contributed by atoms with Gasteiger partial charge in [-0.2, -0.15) is 0 Å². The molecular formula is C120H97N3. The molecule has 123 heavy (non-hydrogen) atoms. The Morgan fingerprint density at radius 3 is 0.862 bits per heavy atom. The second-order valence-electron chi connectivity index (χ2n) is 40.6. The van der Waals surface area contributed by atoms with Crippen LogP contribution in [0, 0.1) is 71.0 Å². The van der Waals surface area contributed by atoms with Crippen LogP contribution in [0.5, 0.6) is 0 Å². The van der Waals surface area contributed by atoms with Gasteiger partial charge in [0.15, 0.2) is 0 Å². The zero-order chi connectivity index (χ0) is 79.9. The first-order valence-corrected chi connectivity index (χ1v) is 46.9. The molecule has 3 spiro atoms. The molecule has 15 aliphatic rings. The van der Waals surface area contributed by atoms with Gasteiger partial charge < -0.3 is 13.7 Å². The fraction of sp³-hybridized carbons (Fsp3) is 0.250. The molecular weight excluding hydrogens is 1480 g/mol. The van der Waals surface area contributed by atoms with Gasteiger partial charge in [-0.05, 0) is 376 Å². The van der Waals surface area contributed by atoms with E-state index in [1.54, 1.807) is 33.4 Å². The highest BCUT2D eigenvalue weighted by molar-refractivity contribution is 6.14. The maximum absolute atomic E-state index is 2.68. The van der Waals surface area contributed by atoms with Gasteiger partial charge in [0, 0.05) is 65.6 Å². The molecule has 3 heterocycles. The van der Waals surface area contributed by atoms with Crippen LogP contribution in [0.2, 0.25) is 0 Å². The van der Waals surface area contributed by atoms with Gasteiger partial charge in [-0.3, -0.25) is 0 Å². The van der Waals surface area contributed by atoms with E-state index in [4.69, 9.17) is 0 Å². The van der Waals surface area contributed by atoms with Gasteiger partial charge >= 0.3 is 0 Å². The zero-order valence-corrected chi connectivity index (χ0v) is 69.6. The molecule has 0 atom stereocenters. The Labute approximate surface area is 719 Å². The van der Waals surface area contributed by atoms with E-state index in [0.717, 1.165) is 71.0 Å². The number of aromatic nitrogens is 3. The van der Waals surface area contributed by atoms with Crippen molar-refractivity contribution in [1.82, 2.24) is 13.7 Å². The van der Waals surface area contributed by atoms with Crippen molar-refractivity contribution >= 4 is 65.4 Å². The lowest BCUT2D eigenvalue weighted by atomic mass is 9.43. The minimum Gasteiger partial charge on any atom is -0.309 e. The van der Waals surface area contributed by atoms with Gasteiger partial charge in [0.2, 0.25) is 0 Å². The largest absolute Gasteiger partial charge is 0.309 e. The highest BCUT2D eigenvalue weighted by Crippen LogP contribution is 2.73. The summed E-state index contributed by atoms with van der Waals surface area (Å²) >= 11 is 0. The van der Waals surface area contributed by atoms with Crippen LogP contribution in [0.25, 0.3) is 160 Å². The third kappa shape index (κ3) is 9.41. The van der Waals surface area contributed by atoms with Crippen LogP contribution in [0.4, 0.5) is 0 Å². The van der Waals surface area contributed by atoms with E-state index in [0.29, 0.717) is 0 Å². The minimum absolute atomic E-state index is 0.162. The number of nitrogens with zero attached hydrogens (tertiary/aromatic N) is 3. The third-order valence-electron chi connectivity index (χ3n) is 35.3. The van der Waals surface area contributed by atoms with Crippen molar-refractivity contribution in [2.75, 3.05) is 0 Å². The normalized spacial score (nSPS) is 27.3. The molecule has 0 unspecified atom stereocenters. The predicted octanol–water partition coefficient (Wildman–Crippen LogP) is 30.5. The highest BCUT2D eigenvalue weighted by Gasteiger charge is 2.65. The first-order chi connectivity index (χ1) is 60.8. The Morgan fingerprint density at radius 2 is 0.431 bits per heavy atom. The average Bonchev–Trinajstić information content (AvgIpc) is 1.05. The van der Waals surface area contributed by atoms with Crippen molar-refractivity contribution in [1.29, 1.82) is 0 Å². The number of benzene rings is 15. The summed E-state index contributed by atoms with van der Waals surface area (Å²) in [4.78, 5) is 0. The lowest BCUT2D eigenvalue weighted by molar-refractivity contribution is -0.0399. The number of para-hydroxylation sites is 3. The molecule has 33 rings (SSSR count). The molecule has 3 aromatic heterocycles. The first-order valence-electron chi connectivity index (χ1n) is 46.9. The zero-order valence-electron chi connectivity index (χ0n) is 69.6. The van der Waals surface area contributed by atoms with Gasteiger partial charge in [0.05, 0.1) is 33.1 Å². The van der Waals surface area contributed by atoms with Crippen LogP contribution in [-0.4, -0.2) is 13.7 Å². The standard InChI is InChI=1S/C64H48N2.C56H49N/c1-2-10-42(11-3-1)43-18-25-50(26-19-43)65-60-16-8-5-13-54(60)56-37-45(23-30-62(56)65)46-24-31-63-57(38-46)55-14-6-9-17-61(55)66(63)51-27-20-44(21-28-51)47-22-29-53-52-12-4-7-15-58(52)64(59(53)39-47)48-33-40-32-41(35-48)36-49(64)34-40;1-4-10-49-43(7-1)45-16-13-36(29-51(45)55(49)38-21-32-19-33(23-38)24-39(55)22-32)37-14-17-48-47-9-3-6-12-53(47)57(54(48)30-37)42-15-18-46-44-8-2-5-11-50(44)56(52(46)31-42)40-25-34-20-35(27-40)28-41(56)26-34/h1-31,37-41,48-49H,32-36H2;1-18,29-35,38-41H,19-28H2. The Kier molecular flexibility index (Phi) is 14.3.